The minimum Gasteiger partial charge on any atom is -0.483 e. The van der Waals surface area contributed by atoms with Crippen molar-refractivity contribution in [1.29, 1.82) is 0 Å². The molecule has 1 saturated heterocycles. The van der Waals surface area contributed by atoms with Crippen LogP contribution in [0.2, 0.25) is 0 Å². The highest BCUT2D eigenvalue weighted by molar-refractivity contribution is 9.10. The summed E-state index contributed by atoms with van der Waals surface area (Å²) in [4.78, 5) is 16.8. The van der Waals surface area contributed by atoms with E-state index in [2.05, 4.69) is 62.2 Å². The van der Waals surface area contributed by atoms with Gasteiger partial charge < -0.3 is 15.0 Å². The van der Waals surface area contributed by atoms with Gasteiger partial charge >= 0.3 is 0 Å². The van der Waals surface area contributed by atoms with Crippen LogP contribution in [0, 0.1) is 12.7 Å². The van der Waals surface area contributed by atoms with Gasteiger partial charge in [-0.15, -0.1) is 0 Å². The van der Waals surface area contributed by atoms with E-state index in [-0.39, 0.29) is 18.3 Å². The van der Waals surface area contributed by atoms with E-state index < -0.39 is 0 Å². The summed E-state index contributed by atoms with van der Waals surface area (Å²) in [5.41, 5.74) is 2.61. The van der Waals surface area contributed by atoms with Crippen LogP contribution in [-0.4, -0.2) is 56.7 Å². The average Bonchev–Trinajstić information content (AvgIpc) is 2.73. The predicted molar refractivity (Wildman–Crippen MR) is 122 cm³/mol. The zero-order chi connectivity index (χ0) is 21.3. The number of carbonyl (C=O) groups excluding carboxylic acids is 1. The zero-order valence-corrected chi connectivity index (χ0v) is 19.0. The largest absolute Gasteiger partial charge is 0.483 e. The van der Waals surface area contributed by atoms with E-state index in [1.807, 2.05) is 0 Å². The number of aryl methyl sites for hydroxylation is 1. The third kappa shape index (κ3) is 6.99. The van der Waals surface area contributed by atoms with Crippen LogP contribution in [0.25, 0.3) is 0 Å². The maximum atomic E-state index is 13.1. The first-order valence-corrected chi connectivity index (χ1v) is 11.2. The van der Waals surface area contributed by atoms with E-state index in [0.717, 1.165) is 45.6 Å². The molecule has 0 bridgehead atoms. The first-order valence-electron chi connectivity index (χ1n) is 10.4. The van der Waals surface area contributed by atoms with Crippen LogP contribution in [0.1, 0.15) is 18.4 Å². The molecule has 5 nitrogen and oxygen atoms in total. The zero-order valence-electron chi connectivity index (χ0n) is 17.4. The highest BCUT2D eigenvalue weighted by atomic mass is 79.9. The Bertz CT molecular complexity index is 841. The standard InChI is InChI=1S/C23H29BrFN3O2/c1-18-5-4-6-20(15-18)28-13-11-27(12-14-28)10-3-2-9-26-23(29)17-30-22-8-7-19(25)16-21(22)24/h4-8,15-16H,2-3,9-14,17H2,1H3,(H,26,29). The van der Waals surface area contributed by atoms with Crippen molar-refractivity contribution in [2.24, 2.45) is 0 Å². The fraction of sp³-hybridized carbons (Fsp3) is 0.435. The van der Waals surface area contributed by atoms with Gasteiger partial charge in [-0.3, -0.25) is 9.69 Å². The van der Waals surface area contributed by atoms with E-state index in [0.29, 0.717) is 16.8 Å². The molecule has 2 aromatic rings. The molecule has 0 radical (unpaired) electrons. The van der Waals surface area contributed by atoms with Gasteiger partial charge in [0.2, 0.25) is 0 Å². The van der Waals surface area contributed by atoms with Gasteiger partial charge in [0.1, 0.15) is 11.6 Å². The highest BCUT2D eigenvalue weighted by Crippen LogP contribution is 2.25. The molecular weight excluding hydrogens is 449 g/mol. The summed E-state index contributed by atoms with van der Waals surface area (Å²) >= 11 is 3.22. The Hall–Kier alpha value is -2.12. The molecule has 1 N–H and O–H groups in total. The van der Waals surface area contributed by atoms with Crippen molar-refractivity contribution in [3.63, 3.8) is 0 Å². The van der Waals surface area contributed by atoms with Crippen molar-refractivity contribution in [1.82, 2.24) is 10.2 Å². The minimum atomic E-state index is -0.352. The Kier molecular flexibility index (Phi) is 8.51. The second-order valence-electron chi connectivity index (χ2n) is 7.59. The van der Waals surface area contributed by atoms with E-state index in [9.17, 15) is 9.18 Å². The van der Waals surface area contributed by atoms with Crippen LogP contribution in [0.4, 0.5) is 10.1 Å². The van der Waals surface area contributed by atoms with Gasteiger partial charge in [-0.2, -0.15) is 0 Å². The van der Waals surface area contributed by atoms with Gasteiger partial charge in [-0.1, -0.05) is 12.1 Å². The number of piperazine rings is 1. The number of anilines is 1. The molecule has 1 fully saturated rings. The maximum Gasteiger partial charge on any atom is 0.257 e. The summed E-state index contributed by atoms with van der Waals surface area (Å²) in [5.74, 6) is -0.0652. The number of hydrogen-bond acceptors (Lipinski definition) is 4. The van der Waals surface area contributed by atoms with Crippen molar-refractivity contribution >= 4 is 27.5 Å². The Labute approximate surface area is 186 Å². The van der Waals surface area contributed by atoms with Gasteiger partial charge in [0, 0.05) is 38.4 Å². The van der Waals surface area contributed by atoms with Gasteiger partial charge in [0.15, 0.2) is 6.61 Å². The average molecular weight is 478 g/mol. The molecule has 0 spiro atoms. The van der Waals surface area contributed by atoms with Crippen molar-refractivity contribution < 1.29 is 13.9 Å². The lowest BCUT2D eigenvalue weighted by molar-refractivity contribution is -0.123. The summed E-state index contributed by atoms with van der Waals surface area (Å²) in [6.07, 6.45) is 1.99. The molecule has 162 valence electrons. The Balaban J connectivity index is 1.25. The lowest BCUT2D eigenvalue weighted by atomic mass is 10.2. The van der Waals surface area contributed by atoms with Crippen molar-refractivity contribution in [2.75, 3.05) is 50.8 Å². The molecule has 0 saturated carbocycles. The number of carbonyl (C=O) groups is 1. The summed E-state index contributed by atoms with van der Waals surface area (Å²) in [5, 5.41) is 2.88. The predicted octanol–water partition coefficient (Wildman–Crippen LogP) is 3.99. The fourth-order valence-electron chi connectivity index (χ4n) is 3.53. The number of hydrogen-bond donors (Lipinski definition) is 1. The summed E-state index contributed by atoms with van der Waals surface area (Å²) in [6, 6.07) is 12.8. The summed E-state index contributed by atoms with van der Waals surface area (Å²) in [6.45, 7) is 7.98. The van der Waals surface area contributed by atoms with Crippen LogP contribution in [0.5, 0.6) is 5.75 Å². The van der Waals surface area contributed by atoms with Crippen molar-refractivity contribution in [3.8, 4) is 5.75 Å². The summed E-state index contributed by atoms with van der Waals surface area (Å²) in [7, 11) is 0. The lowest BCUT2D eigenvalue weighted by Crippen LogP contribution is -2.46. The monoisotopic (exact) mass is 477 g/mol. The maximum absolute atomic E-state index is 13.1. The first kappa shape index (κ1) is 22.6. The number of nitrogens with zero attached hydrogens (tertiary/aromatic N) is 2. The van der Waals surface area contributed by atoms with E-state index in [1.165, 1.54) is 29.4 Å². The number of unbranched alkanes of at least 4 members (excludes halogenated alkanes) is 1. The molecule has 30 heavy (non-hydrogen) atoms. The molecule has 1 heterocycles. The van der Waals surface area contributed by atoms with E-state index in [1.54, 1.807) is 0 Å². The van der Waals surface area contributed by atoms with Crippen LogP contribution in [0.15, 0.2) is 46.9 Å². The quantitative estimate of drug-likeness (QED) is 0.554. The number of nitrogens with one attached hydrogen (secondary N) is 1. The van der Waals surface area contributed by atoms with Crippen molar-refractivity contribution in [2.45, 2.75) is 19.8 Å². The van der Waals surface area contributed by atoms with Crippen molar-refractivity contribution in [3.05, 3.63) is 58.3 Å². The number of halogens is 2. The molecule has 0 unspecified atom stereocenters. The molecule has 0 aliphatic carbocycles. The molecular formula is C23H29BrFN3O2. The second kappa shape index (κ2) is 11.3. The molecule has 0 atom stereocenters. The van der Waals surface area contributed by atoms with Gasteiger partial charge in [0.05, 0.1) is 4.47 Å². The Morgan fingerprint density at radius 2 is 1.93 bits per heavy atom. The lowest BCUT2D eigenvalue weighted by Gasteiger charge is -2.36. The molecule has 2 aromatic carbocycles. The van der Waals surface area contributed by atoms with Crippen LogP contribution in [-0.2, 0) is 4.79 Å². The number of ether oxygens (including phenoxy) is 1. The van der Waals surface area contributed by atoms with Crippen LogP contribution in [0.3, 0.4) is 0 Å². The second-order valence-corrected chi connectivity index (χ2v) is 8.44. The third-order valence-electron chi connectivity index (χ3n) is 5.22. The van der Waals surface area contributed by atoms with Crippen LogP contribution >= 0.6 is 15.9 Å². The molecule has 0 aromatic heterocycles. The first-order chi connectivity index (χ1) is 14.5. The minimum absolute atomic E-state index is 0.0782. The molecule has 7 heteroatoms. The smallest absolute Gasteiger partial charge is 0.257 e. The fourth-order valence-corrected chi connectivity index (χ4v) is 3.99. The van der Waals surface area contributed by atoms with Gasteiger partial charge in [0.25, 0.3) is 5.91 Å². The normalized spacial score (nSPS) is 14.6. The summed E-state index contributed by atoms with van der Waals surface area (Å²) < 4.78 is 19.0. The third-order valence-corrected chi connectivity index (χ3v) is 5.83. The molecule has 1 amide bonds. The SMILES string of the molecule is Cc1cccc(N2CCN(CCCCNC(=O)COc3ccc(F)cc3Br)CC2)c1. The Morgan fingerprint density at radius 3 is 2.67 bits per heavy atom. The Morgan fingerprint density at radius 1 is 1.13 bits per heavy atom. The molecule has 1 aliphatic rings. The van der Waals surface area contributed by atoms with Crippen LogP contribution < -0.4 is 15.0 Å². The number of rotatable bonds is 9. The number of amides is 1. The number of benzene rings is 2. The molecule has 1 aliphatic heterocycles. The topological polar surface area (TPSA) is 44.8 Å². The van der Waals surface area contributed by atoms with E-state index >= 15 is 0 Å². The van der Waals surface area contributed by atoms with Gasteiger partial charge in [-0.25, -0.2) is 4.39 Å². The van der Waals surface area contributed by atoms with Gasteiger partial charge in [-0.05, 0) is 78.1 Å². The van der Waals surface area contributed by atoms with E-state index in [4.69, 9.17) is 4.74 Å². The highest BCUT2D eigenvalue weighted by Gasteiger charge is 2.16. The molecule has 3 rings (SSSR count).